The number of benzene rings is 2. The number of halogens is 1. The molecule has 110 valence electrons. The van der Waals surface area contributed by atoms with E-state index >= 15 is 0 Å². The number of ether oxygens (including phenoxy) is 1. The highest BCUT2D eigenvalue weighted by molar-refractivity contribution is 5.55. The quantitative estimate of drug-likeness (QED) is 0.943. The van der Waals surface area contributed by atoms with Gasteiger partial charge in [0.15, 0.2) is 0 Å². The molecule has 1 heterocycles. The van der Waals surface area contributed by atoms with Crippen molar-refractivity contribution in [3.8, 4) is 5.75 Å². The molecule has 0 saturated carbocycles. The second-order valence-corrected chi connectivity index (χ2v) is 5.19. The number of nitrogens with two attached hydrogens (primary N) is 1. The van der Waals surface area contributed by atoms with Gasteiger partial charge in [0.25, 0.3) is 0 Å². The van der Waals surface area contributed by atoms with Crippen molar-refractivity contribution in [1.82, 2.24) is 0 Å². The van der Waals surface area contributed by atoms with Crippen LogP contribution >= 0.6 is 0 Å². The highest BCUT2D eigenvalue weighted by Gasteiger charge is 2.17. The molecule has 1 aliphatic rings. The molecule has 0 aromatic heterocycles. The molecule has 0 amide bonds. The number of hydrogen-bond donors (Lipinski definition) is 1. The summed E-state index contributed by atoms with van der Waals surface area (Å²) < 4.78 is 19.3. The summed E-state index contributed by atoms with van der Waals surface area (Å²) in [6, 6.07) is 13.0. The molecule has 0 atom stereocenters. The molecule has 3 nitrogen and oxygen atoms in total. The highest BCUT2D eigenvalue weighted by Crippen LogP contribution is 2.28. The minimum absolute atomic E-state index is 0.214. The molecule has 3 rings (SSSR count). The molecule has 0 saturated heterocycles. The fraction of sp³-hybridized carbons (Fsp3) is 0.294. The Hall–Kier alpha value is -2.07. The van der Waals surface area contributed by atoms with Gasteiger partial charge in [0.05, 0.1) is 6.54 Å². The van der Waals surface area contributed by atoms with Crippen molar-refractivity contribution >= 4 is 5.69 Å². The minimum atomic E-state index is -0.214. The first-order valence-corrected chi connectivity index (χ1v) is 7.22. The van der Waals surface area contributed by atoms with Crippen molar-refractivity contribution in [1.29, 1.82) is 0 Å². The van der Waals surface area contributed by atoms with E-state index in [2.05, 4.69) is 11.0 Å². The van der Waals surface area contributed by atoms with E-state index in [0.29, 0.717) is 19.6 Å². The Morgan fingerprint density at radius 1 is 1.19 bits per heavy atom. The summed E-state index contributed by atoms with van der Waals surface area (Å²) in [6.07, 6.45) is 0.673. The molecule has 2 aromatic rings. The van der Waals surface area contributed by atoms with E-state index in [0.717, 1.165) is 35.7 Å². The summed E-state index contributed by atoms with van der Waals surface area (Å²) in [7, 11) is 0. The molecule has 4 heteroatoms. The molecule has 0 aliphatic carbocycles. The number of fused-ring (bicyclic) bond motifs is 1. The topological polar surface area (TPSA) is 38.5 Å². The van der Waals surface area contributed by atoms with Crippen LogP contribution < -0.4 is 15.4 Å². The van der Waals surface area contributed by atoms with E-state index in [-0.39, 0.29) is 5.82 Å². The van der Waals surface area contributed by atoms with Crippen molar-refractivity contribution in [2.45, 2.75) is 13.0 Å². The number of anilines is 1. The molecule has 0 spiro atoms. The summed E-state index contributed by atoms with van der Waals surface area (Å²) in [5.41, 5.74) is 8.80. The third-order valence-electron chi connectivity index (χ3n) is 3.75. The maximum absolute atomic E-state index is 13.5. The summed E-state index contributed by atoms with van der Waals surface area (Å²) >= 11 is 0. The monoisotopic (exact) mass is 286 g/mol. The van der Waals surface area contributed by atoms with E-state index in [9.17, 15) is 4.39 Å². The van der Waals surface area contributed by atoms with E-state index in [1.807, 2.05) is 24.3 Å². The Bertz CT molecular complexity index is 630. The summed E-state index contributed by atoms with van der Waals surface area (Å²) in [4.78, 5) is 2.23. The van der Waals surface area contributed by atoms with E-state index in [1.54, 1.807) is 6.07 Å². The Morgan fingerprint density at radius 3 is 2.90 bits per heavy atom. The van der Waals surface area contributed by atoms with Gasteiger partial charge in [0.2, 0.25) is 0 Å². The van der Waals surface area contributed by atoms with Crippen molar-refractivity contribution in [2.75, 3.05) is 24.6 Å². The number of hydrogen-bond acceptors (Lipinski definition) is 3. The van der Waals surface area contributed by atoms with Gasteiger partial charge >= 0.3 is 0 Å². The first kappa shape index (κ1) is 13.9. The number of nitrogens with zero attached hydrogens (tertiary/aromatic N) is 1. The first-order chi connectivity index (χ1) is 10.3. The lowest BCUT2D eigenvalue weighted by atomic mass is 10.1. The molecule has 2 N–H and O–H groups in total. The molecule has 0 unspecified atom stereocenters. The smallest absolute Gasteiger partial charge is 0.124 e. The van der Waals surface area contributed by atoms with Gasteiger partial charge in [-0.2, -0.15) is 0 Å². The summed E-state index contributed by atoms with van der Waals surface area (Å²) in [5, 5.41) is 0. The van der Waals surface area contributed by atoms with Crippen LogP contribution in [-0.2, 0) is 13.0 Å². The van der Waals surface area contributed by atoms with Gasteiger partial charge < -0.3 is 15.4 Å². The lowest BCUT2D eigenvalue weighted by Gasteiger charge is -2.25. The molecule has 2 aromatic carbocycles. The van der Waals surface area contributed by atoms with E-state index in [4.69, 9.17) is 10.5 Å². The van der Waals surface area contributed by atoms with Crippen LogP contribution in [-0.4, -0.2) is 19.7 Å². The third kappa shape index (κ3) is 3.00. The van der Waals surface area contributed by atoms with Crippen LogP contribution in [0.1, 0.15) is 11.1 Å². The zero-order chi connectivity index (χ0) is 14.7. The zero-order valence-electron chi connectivity index (χ0n) is 11.9. The zero-order valence-corrected chi connectivity index (χ0v) is 11.9. The van der Waals surface area contributed by atoms with Gasteiger partial charge in [-0.3, -0.25) is 0 Å². The van der Waals surface area contributed by atoms with E-state index in [1.165, 1.54) is 6.07 Å². The van der Waals surface area contributed by atoms with Gasteiger partial charge in [-0.15, -0.1) is 0 Å². The van der Waals surface area contributed by atoms with Gasteiger partial charge in [0, 0.05) is 17.8 Å². The molecule has 0 radical (unpaired) electrons. The van der Waals surface area contributed by atoms with Crippen LogP contribution in [0.25, 0.3) is 0 Å². The molecular formula is C17H19FN2O. The fourth-order valence-corrected chi connectivity index (χ4v) is 2.75. The lowest BCUT2D eigenvalue weighted by Crippen LogP contribution is -2.26. The summed E-state index contributed by atoms with van der Waals surface area (Å²) in [5.74, 6) is 0.719. The SMILES string of the molecule is NCCc1cc(F)ccc1N1CCOc2ccccc2C1. The largest absolute Gasteiger partial charge is 0.491 e. The molecular weight excluding hydrogens is 267 g/mol. The van der Waals surface area contributed by atoms with Crippen LogP contribution in [0.15, 0.2) is 42.5 Å². The average Bonchev–Trinajstić information content (AvgIpc) is 2.70. The maximum Gasteiger partial charge on any atom is 0.124 e. The van der Waals surface area contributed by atoms with Gasteiger partial charge in [-0.1, -0.05) is 18.2 Å². The summed E-state index contributed by atoms with van der Waals surface area (Å²) in [6.45, 7) is 2.67. The Labute approximate surface area is 124 Å². The van der Waals surface area contributed by atoms with Gasteiger partial charge in [-0.05, 0) is 42.8 Å². The Morgan fingerprint density at radius 2 is 2.05 bits per heavy atom. The Kier molecular flexibility index (Phi) is 4.06. The Balaban J connectivity index is 1.94. The normalized spacial score (nSPS) is 14.3. The predicted octanol–water partition coefficient (Wildman–Crippen LogP) is 2.73. The predicted molar refractivity (Wildman–Crippen MR) is 82.1 cm³/mol. The molecule has 0 bridgehead atoms. The highest BCUT2D eigenvalue weighted by atomic mass is 19.1. The van der Waals surface area contributed by atoms with Crippen LogP contribution in [0.2, 0.25) is 0 Å². The van der Waals surface area contributed by atoms with E-state index < -0.39 is 0 Å². The van der Waals surface area contributed by atoms with Gasteiger partial charge in [0.1, 0.15) is 18.2 Å². The minimum Gasteiger partial charge on any atom is -0.491 e. The second kappa shape index (κ2) is 6.14. The van der Waals surface area contributed by atoms with Crippen LogP contribution in [0.5, 0.6) is 5.75 Å². The number of rotatable bonds is 3. The van der Waals surface area contributed by atoms with Crippen molar-refractivity contribution in [2.24, 2.45) is 5.73 Å². The molecule has 0 fully saturated rings. The lowest BCUT2D eigenvalue weighted by molar-refractivity contribution is 0.331. The average molecular weight is 286 g/mol. The van der Waals surface area contributed by atoms with Crippen molar-refractivity contribution in [3.63, 3.8) is 0 Å². The number of para-hydroxylation sites is 1. The van der Waals surface area contributed by atoms with Crippen LogP contribution in [0.3, 0.4) is 0 Å². The molecule has 21 heavy (non-hydrogen) atoms. The maximum atomic E-state index is 13.5. The first-order valence-electron chi connectivity index (χ1n) is 7.22. The van der Waals surface area contributed by atoms with Crippen LogP contribution in [0, 0.1) is 5.82 Å². The third-order valence-corrected chi connectivity index (χ3v) is 3.75. The van der Waals surface area contributed by atoms with Gasteiger partial charge in [-0.25, -0.2) is 4.39 Å². The standard InChI is InChI=1S/C17H19FN2O/c18-15-5-6-16(13(11-15)7-8-19)20-9-10-21-17-4-2-1-3-14(17)12-20/h1-6,11H,7-10,12,19H2. The van der Waals surface area contributed by atoms with Crippen LogP contribution in [0.4, 0.5) is 10.1 Å². The van der Waals surface area contributed by atoms with Crippen molar-refractivity contribution < 1.29 is 9.13 Å². The molecule has 1 aliphatic heterocycles. The second-order valence-electron chi connectivity index (χ2n) is 5.19. The van der Waals surface area contributed by atoms with Crippen molar-refractivity contribution in [3.05, 3.63) is 59.4 Å². The fourth-order valence-electron chi connectivity index (χ4n) is 2.75.